The van der Waals surface area contributed by atoms with Gasteiger partial charge in [0.05, 0.1) is 19.5 Å². The summed E-state index contributed by atoms with van der Waals surface area (Å²) in [5.74, 6) is 1.68. The molecule has 0 saturated carbocycles. The highest BCUT2D eigenvalue weighted by molar-refractivity contribution is 6.11. The summed E-state index contributed by atoms with van der Waals surface area (Å²) in [6, 6.07) is 52.8. The van der Waals surface area contributed by atoms with Crippen molar-refractivity contribution in [1.82, 2.24) is 19.5 Å². The normalized spacial score (nSPS) is 12.2. The van der Waals surface area contributed by atoms with Crippen LogP contribution in [0.5, 0.6) is 0 Å². The Balaban J connectivity index is 1.30. The number of benzene rings is 7. The summed E-state index contributed by atoms with van der Waals surface area (Å²) in [7, 11) is 0. The van der Waals surface area contributed by atoms with E-state index >= 15 is 0 Å². The molecule has 0 saturated heterocycles. The SMILES string of the molecule is [2H]c1ccc2c(c1)c1cc([2H])ccc1n2-c1cc(-c2cccc3c2oc2ccccc23)ccc1-c1nc(-c2ccccc2)nc(-c2ccccc2)n1. The molecule has 10 aromatic rings. The molecule has 0 aliphatic rings. The third kappa shape index (κ3) is 4.52. The molecule has 5 heteroatoms. The maximum absolute atomic E-state index is 8.48. The van der Waals surface area contributed by atoms with Crippen LogP contribution in [-0.4, -0.2) is 19.5 Å². The summed E-state index contributed by atoms with van der Waals surface area (Å²) in [6.45, 7) is 0. The first-order valence-corrected chi connectivity index (χ1v) is 16.5. The van der Waals surface area contributed by atoms with Gasteiger partial charge in [-0.1, -0.05) is 139 Å². The molecule has 0 unspecified atom stereocenters. The van der Waals surface area contributed by atoms with Crippen LogP contribution >= 0.6 is 0 Å². The Labute approximate surface area is 290 Å². The van der Waals surface area contributed by atoms with Crippen LogP contribution in [0.1, 0.15) is 2.74 Å². The van der Waals surface area contributed by atoms with Gasteiger partial charge >= 0.3 is 0 Å². The number of aromatic nitrogens is 4. The first-order chi connectivity index (χ1) is 25.6. The van der Waals surface area contributed by atoms with E-state index in [0.29, 0.717) is 29.6 Å². The quantitative estimate of drug-likeness (QED) is 0.187. The molecular weight excluding hydrogens is 613 g/mol. The van der Waals surface area contributed by atoms with Crippen molar-refractivity contribution in [2.45, 2.75) is 0 Å². The third-order valence-corrected chi connectivity index (χ3v) is 9.35. The van der Waals surface area contributed by atoms with E-state index in [1.807, 2.05) is 115 Å². The van der Waals surface area contributed by atoms with E-state index < -0.39 is 0 Å². The first-order valence-electron chi connectivity index (χ1n) is 17.5. The van der Waals surface area contributed by atoms with Crippen molar-refractivity contribution in [2.75, 3.05) is 0 Å². The molecule has 5 nitrogen and oxygen atoms in total. The molecule has 0 aliphatic heterocycles. The topological polar surface area (TPSA) is 56.7 Å². The van der Waals surface area contributed by atoms with Gasteiger partial charge in [-0.15, -0.1) is 0 Å². The lowest BCUT2D eigenvalue weighted by atomic mass is 9.99. The van der Waals surface area contributed by atoms with Crippen LogP contribution in [-0.2, 0) is 0 Å². The Morgan fingerprint density at radius 1 is 0.440 bits per heavy atom. The smallest absolute Gasteiger partial charge is 0.166 e. The molecule has 0 fully saturated rings. The lowest BCUT2D eigenvalue weighted by Gasteiger charge is -2.16. The van der Waals surface area contributed by atoms with Gasteiger partial charge in [-0.05, 0) is 35.9 Å². The predicted molar refractivity (Wildman–Crippen MR) is 203 cm³/mol. The Bertz CT molecular complexity index is 2870. The molecule has 0 bridgehead atoms. The molecule has 0 N–H and O–H groups in total. The number of nitrogens with zero attached hydrogens (tertiary/aromatic N) is 4. The maximum Gasteiger partial charge on any atom is 0.166 e. The van der Waals surface area contributed by atoms with Crippen LogP contribution in [0.2, 0.25) is 0 Å². The van der Waals surface area contributed by atoms with E-state index in [4.69, 9.17) is 22.1 Å². The third-order valence-electron chi connectivity index (χ3n) is 9.35. The molecule has 0 amide bonds. The molecule has 10 rings (SSSR count). The Morgan fingerprint density at radius 2 is 1.04 bits per heavy atom. The van der Waals surface area contributed by atoms with Gasteiger partial charge in [0, 0.05) is 43.8 Å². The molecule has 0 radical (unpaired) electrons. The van der Waals surface area contributed by atoms with Gasteiger partial charge in [0.2, 0.25) is 0 Å². The number of fused-ring (bicyclic) bond motifs is 6. The summed E-state index contributed by atoms with van der Waals surface area (Å²) >= 11 is 0. The zero-order valence-corrected chi connectivity index (χ0v) is 26.7. The molecular formula is C45H28N4O. The number of rotatable bonds is 5. The summed E-state index contributed by atoms with van der Waals surface area (Å²) in [5, 5.41) is 3.93. The second-order valence-corrected chi connectivity index (χ2v) is 12.3. The van der Waals surface area contributed by atoms with Crippen LogP contribution in [0, 0.1) is 0 Å². The van der Waals surface area contributed by atoms with E-state index in [9.17, 15) is 0 Å². The van der Waals surface area contributed by atoms with Gasteiger partial charge in [-0.25, -0.2) is 15.0 Å². The fraction of sp³-hybridized carbons (Fsp3) is 0. The second kappa shape index (κ2) is 11.4. The van der Waals surface area contributed by atoms with E-state index in [-0.39, 0.29) is 0 Å². The van der Waals surface area contributed by atoms with E-state index in [1.54, 1.807) is 0 Å². The summed E-state index contributed by atoms with van der Waals surface area (Å²) in [4.78, 5) is 15.2. The van der Waals surface area contributed by atoms with E-state index in [2.05, 4.69) is 47.0 Å². The highest BCUT2D eigenvalue weighted by Gasteiger charge is 2.21. The van der Waals surface area contributed by atoms with E-state index in [1.165, 1.54) is 0 Å². The summed E-state index contributed by atoms with van der Waals surface area (Å²) < 4.78 is 25.7. The number of furan rings is 1. The largest absolute Gasteiger partial charge is 0.455 e. The van der Waals surface area contributed by atoms with Crippen LogP contribution in [0.4, 0.5) is 0 Å². The standard InChI is InChI=1S/C45H28N4O/c1-3-14-29(15-4-1)43-46-44(30-16-5-2-6-17-30)48-45(47-43)37-27-26-31(32-21-13-22-36-35-20-9-12-25-41(35)50-42(32)36)28-40(37)49-38-23-10-7-18-33(38)34-19-8-11-24-39(34)49/h1-28H/i7D,8D. The minimum absolute atomic E-state index is 0.407. The fourth-order valence-electron chi connectivity index (χ4n) is 7.03. The van der Waals surface area contributed by atoms with Crippen LogP contribution in [0.25, 0.3) is 94.7 Å². The number of hydrogen-bond donors (Lipinski definition) is 0. The van der Waals surface area contributed by atoms with Crippen LogP contribution < -0.4 is 0 Å². The van der Waals surface area contributed by atoms with Crippen LogP contribution in [0.3, 0.4) is 0 Å². The van der Waals surface area contributed by atoms with Crippen molar-refractivity contribution in [3.63, 3.8) is 0 Å². The van der Waals surface area contributed by atoms with Crippen LogP contribution in [0.15, 0.2) is 174 Å². The average Bonchev–Trinajstić information content (AvgIpc) is 3.73. The summed E-state index contributed by atoms with van der Waals surface area (Å²) in [6.07, 6.45) is 0. The molecule has 50 heavy (non-hydrogen) atoms. The van der Waals surface area contributed by atoms with Gasteiger partial charge in [0.25, 0.3) is 0 Å². The van der Waals surface area contributed by atoms with Crippen molar-refractivity contribution in [1.29, 1.82) is 0 Å². The lowest BCUT2D eigenvalue weighted by molar-refractivity contribution is 0.670. The van der Waals surface area contributed by atoms with Gasteiger partial charge < -0.3 is 8.98 Å². The Hall–Kier alpha value is -6.85. The molecule has 7 aromatic carbocycles. The predicted octanol–water partition coefficient (Wildman–Crippen LogP) is 11.5. The lowest BCUT2D eigenvalue weighted by Crippen LogP contribution is -2.04. The maximum atomic E-state index is 8.48. The Morgan fingerprint density at radius 3 is 1.72 bits per heavy atom. The van der Waals surface area contributed by atoms with Crippen molar-refractivity contribution in [3.05, 3.63) is 170 Å². The Kier molecular flexibility index (Phi) is 5.96. The van der Waals surface area contributed by atoms with Crippen molar-refractivity contribution in [2.24, 2.45) is 0 Å². The molecule has 3 aromatic heterocycles. The number of hydrogen-bond acceptors (Lipinski definition) is 4. The van der Waals surface area contributed by atoms with E-state index in [0.717, 1.165) is 77.2 Å². The van der Waals surface area contributed by atoms with Gasteiger partial charge in [0.15, 0.2) is 17.5 Å². The molecule has 0 atom stereocenters. The van der Waals surface area contributed by atoms with Crippen molar-refractivity contribution < 1.29 is 7.16 Å². The molecule has 0 spiro atoms. The molecule has 3 heterocycles. The molecule has 0 aliphatic carbocycles. The summed E-state index contributed by atoms with van der Waals surface area (Å²) in [5.41, 5.74) is 8.86. The van der Waals surface area contributed by atoms with Crippen molar-refractivity contribution >= 4 is 43.7 Å². The molecule has 234 valence electrons. The first kappa shape index (κ1) is 26.1. The van der Waals surface area contributed by atoms with Gasteiger partial charge in [-0.2, -0.15) is 0 Å². The van der Waals surface area contributed by atoms with Gasteiger partial charge in [0.1, 0.15) is 11.2 Å². The fourth-order valence-corrected chi connectivity index (χ4v) is 7.03. The zero-order chi connectivity index (χ0) is 34.8. The minimum atomic E-state index is 0.407. The highest BCUT2D eigenvalue weighted by atomic mass is 16.3. The minimum Gasteiger partial charge on any atom is -0.455 e. The second-order valence-electron chi connectivity index (χ2n) is 12.3. The average molecular weight is 643 g/mol. The number of para-hydroxylation sites is 4. The van der Waals surface area contributed by atoms with Gasteiger partial charge in [-0.3, -0.25) is 0 Å². The van der Waals surface area contributed by atoms with Crippen molar-refractivity contribution in [3.8, 4) is 51.0 Å². The highest BCUT2D eigenvalue weighted by Crippen LogP contribution is 2.41. The zero-order valence-electron chi connectivity index (χ0n) is 28.7. The monoisotopic (exact) mass is 642 g/mol.